The zero-order valence-electron chi connectivity index (χ0n) is 16.5. The minimum atomic E-state index is -0.335. The first kappa shape index (κ1) is 19.6. The molecule has 0 aliphatic carbocycles. The Morgan fingerprint density at radius 3 is 2.41 bits per heavy atom. The lowest BCUT2D eigenvalue weighted by Gasteiger charge is -2.47. The van der Waals surface area contributed by atoms with E-state index in [0.717, 1.165) is 38.8 Å². The van der Waals surface area contributed by atoms with Gasteiger partial charge < -0.3 is 9.80 Å². The van der Waals surface area contributed by atoms with Gasteiger partial charge in [0.25, 0.3) is 5.91 Å². The van der Waals surface area contributed by atoms with Crippen LogP contribution in [0.4, 0.5) is 4.39 Å². The molecule has 152 valence electrons. The van der Waals surface area contributed by atoms with Gasteiger partial charge in [0.05, 0.1) is 0 Å². The van der Waals surface area contributed by atoms with Gasteiger partial charge in [-0.3, -0.25) is 14.6 Å². The normalized spacial score (nSPS) is 18.9. The Labute approximate surface area is 170 Å². The van der Waals surface area contributed by atoms with Gasteiger partial charge in [0.15, 0.2) is 0 Å². The van der Waals surface area contributed by atoms with Crippen molar-refractivity contribution < 1.29 is 14.0 Å². The van der Waals surface area contributed by atoms with Crippen LogP contribution in [-0.4, -0.2) is 52.8 Å². The quantitative estimate of drug-likeness (QED) is 0.798. The highest BCUT2D eigenvalue weighted by Crippen LogP contribution is 2.40. The van der Waals surface area contributed by atoms with Crippen LogP contribution >= 0.6 is 0 Å². The summed E-state index contributed by atoms with van der Waals surface area (Å²) in [6.07, 6.45) is 7.68. The summed E-state index contributed by atoms with van der Waals surface area (Å²) in [5.41, 5.74) is 1.82. The largest absolute Gasteiger partial charge is 0.342 e. The molecule has 2 saturated heterocycles. The van der Waals surface area contributed by atoms with Crippen molar-refractivity contribution in [1.29, 1.82) is 0 Å². The number of hydrogen-bond donors (Lipinski definition) is 0. The van der Waals surface area contributed by atoms with Gasteiger partial charge in [0.2, 0.25) is 5.91 Å². The van der Waals surface area contributed by atoms with Gasteiger partial charge in [-0.2, -0.15) is 0 Å². The molecule has 0 radical (unpaired) electrons. The second-order valence-electron chi connectivity index (χ2n) is 8.22. The summed E-state index contributed by atoms with van der Waals surface area (Å²) in [4.78, 5) is 33.0. The third-order valence-corrected chi connectivity index (χ3v) is 6.37. The summed E-state index contributed by atoms with van der Waals surface area (Å²) in [5.74, 6) is -0.145. The van der Waals surface area contributed by atoms with E-state index in [2.05, 4.69) is 4.98 Å². The fraction of sp³-hybridized carbons (Fsp3) is 0.435. The Hall–Kier alpha value is -2.76. The molecule has 1 aromatic heterocycles. The molecule has 2 amide bonds. The predicted octanol–water partition coefficient (Wildman–Crippen LogP) is 3.31. The maximum absolute atomic E-state index is 13.1. The molecule has 6 heteroatoms. The maximum atomic E-state index is 13.1. The Kier molecular flexibility index (Phi) is 5.60. The lowest BCUT2D eigenvalue weighted by molar-refractivity contribution is -0.138. The number of piperidine rings is 2. The Morgan fingerprint density at radius 2 is 1.72 bits per heavy atom. The van der Waals surface area contributed by atoms with Crippen LogP contribution in [0.2, 0.25) is 0 Å². The highest BCUT2D eigenvalue weighted by atomic mass is 19.1. The Morgan fingerprint density at radius 1 is 1.03 bits per heavy atom. The molecular weight excluding hydrogens is 369 g/mol. The lowest BCUT2D eigenvalue weighted by Crippen LogP contribution is -2.52. The fourth-order valence-electron chi connectivity index (χ4n) is 4.49. The molecule has 3 heterocycles. The summed E-state index contributed by atoms with van der Waals surface area (Å²) in [5, 5.41) is 0. The van der Waals surface area contributed by atoms with Crippen LogP contribution in [0.5, 0.6) is 0 Å². The van der Waals surface area contributed by atoms with Gasteiger partial charge in [-0.1, -0.05) is 0 Å². The number of nitrogens with zero attached hydrogens (tertiary/aromatic N) is 3. The van der Waals surface area contributed by atoms with E-state index in [1.807, 2.05) is 21.9 Å². The number of rotatable bonds is 4. The van der Waals surface area contributed by atoms with Crippen LogP contribution in [0.15, 0.2) is 48.8 Å². The van der Waals surface area contributed by atoms with Crippen molar-refractivity contribution in [2.24, 2.45) is 5.41 Å². The Bertz CT molecular complexity index is 861. The summed E-state index contributed by atoms with van der Waals surface area (Å²) < 4.78 is 13.1. The molecular formula is C23H26FN3O2. The van der Waals surface area contributed by atoms with Crippen molar-refractivity contribution in [3.05, 3.63) is 65.7 Å². The molecule has 4 rings (SSSR count). The van der Waals surface area contributed by atoms with Gasteiger partial charge in [0.1, 0.15) is 5.82 Å². The minimum absolute atomic E-state index is 0.0405. The monoisotopic (exact) mass is 395 g/mol. The van der Waals surface area contributed by atoms with Crippen molar-refractivity contribution in [2.75, 3.05) is 26.2 Å². The molecule has 1 spiro atoms. The number of aromatic nitrogens is 1. The number of benzene rings is 1. The summed E-state index contributed by atoms with van der Waals surface area (Å²) in [7, 11) is 0. The van der Waals surface area contributed by atoms with Crippen LogP contribution in [0, 0.1) is 11.2 Å². The number of amides is 2. The molecule has 2 aliphatic heterocycles. The van der Waals surface area contributed by atoms with Crippen molar-refractivity contribution in [3.8, 4) is 0 Å². The zero-order chi connectivity index (χ0) is 20.3. The van der Waals surface area contributed by atoms with Crippen molar-refractivity contribution in [3.63, 3.8) is 0 Å². The van der Waals surface area contributed by atoms with E-state index >= 15 is 0 Å². The molecule has 0 N–H and O–H groups in total. The molecule has 0 saturated carbocycles. The fourth-order valence-corrected chi connectivity index (χ4v) is 4.49. The molecule has 2 aliphatic rings. The first-order chi connectivity index (χ1) is 14.0. The van der Waals surface area contributed by atoms with Gasteiger partial charge in [-0.05, 0) is 73.1 Å². The van der Waals surface area contributed by atoms with E-state index in [4.69, 9.17) is 0 Å². The van der Waals surface area contributed by atoms with Gasteiger partial charge in [0, 0.05) is 50.6 Å². The second kappa shape index (κ2) is 8.31. The van der Waals surface area contributed by atoms with Crippen molar-refractivity contribution in [2.45, 2.75) is 32.1 Å². The third kappa shape index (κ3) is 4.47. The van der Waals surface area contributed by atoms with E-state index in [0.29, 0.717) is 25.1 Å². The molecule has 0 bridgehead atoms. The van der Waals surface area contributed by atoms with Crippen molar-refractivity contribution >= 4 is 11.8 Å². The standard InChI is InChI=1S/C23H26FN3O2/c24-20-3-1-19(2-4-20)22(29)26-15-10-23(11-16-26)9-5-21(28)27(17-23)14-8-18-6-12-25-13-7-18/h1-4,6-7,12-13H,5,8-11,14-17H2. The van der Waals surface area contributed by atoms with Crippen LogP contribution in [-0.2, 0) is 11.2 Å². The number of hydrogen-bond acceptors (Lipinski definition) is 3. The molecule has 2 fully saturated rings. The average molecular weight is 395 g/mol. The van der Waals surface area contributed by atoms with Crippen LogP contribution in [0.25, 0.3) is 0 Å². The van der Waals surface area contributed by atoms with E-state index in [-0.39, 0.29) is 23.0 Å². The maximum Gasteiger partial charge on any atom is 0.253 e. The summed E-state index contributed by atoms with van der Waals surface area (Å²) in [6.45, 7) is 2.86. The Balaban J connectivity index is 1.35. The SMILES string of the molecule is O=C1CCC2(CCN(C(=O)c3ccc(F)cc3)CC2)CN1CCc1ccncc1. The van der Waals surface area contributed by atoms with Crippen LogP contribution < -0.4 is 0 Å². The third-order valence-electron chi connectivity index (χ3n) is 6.37. The summed E-state index contributed by atoms with van der Waals surface area (Å²) in [6, 6.07) is 9.72. The first-order valence-corrected chi connectivity index (χ1v) is 10.3. The second-order valence-corrected chi connectivity index (χ2v) is 8.22. The lowest BCUT2D eigenvalue weighted by atomic mass is 9.72. The number of carbonyl (C=O) groups is 2. The molecule has 0 unspecified atom stereocenters. The number of halogens is 1. The predicted molar refractivity (Wildman–Crippen MR) is 108 cm³/mol. The smallest absolute Gasteiger partial charge is 0.253 e. The molecule has 1 aromatic carbocycles. The van der Waals surface area contributed by atoms with Gasteiger partial charge in [-0.25, -0.2) is 4.39 Å². The minimum Gasteiger partial charge on any atom is -0.342 e. The average Bonchev–Trinajstić information content (AvgIpc) is 2.76. The topological polar surface area (TPSA) is 53.5 Å². The molecule has 29 heavy (non-hydrogen) atoms. The van der Waals surface area contributed by atoms with E-state index in [1.54, 1.807) is 24.5 Å². The van der Waals surface area contributed by atoms with Crippen LogP contribution in [0.3, 0.4) is 0 Å². The van der Waals surface area contributed by atoms with Crippen LogP contribution in [0.1, 0.15) is 41.6 Å². The molecule has 2 aromatic rings. The van der Waals surface area contributed by atoms with Gasteiger partial charge in [-0.15, -0.1) is 0 Å². The van der Waals surface area contributed by atoms with Gasteiger partial charge >= 0.3 is 0 Å². The molecule has 5 nitrogen and oxygen atoms in total. The number of carbonyl (C=O) groups excluding carboxylic acids is 2. The van der Waals surface area contributed by atoms with Crippen molar-refractivity contribution in [1.82, 2.24) is 14.8 Å². The zero-order valence-corrected chi connectivity index (χ0v) is 16.5. The molecule has 0 atom stereocenters. The highest BCUT2D eigenvalue weighted by molar-refractivity contribution is 5.94. The number of pyridine rings is 1. The first-order valence-electron chi connectivity index (χ1n) is 10.3. The van der Waals surface area contributed by atoms with E-state index in [9.17, 15) is 14.0 Å². The van der Waals surface area contributed by atoms with E-state index < -0.39 is 0 Å². The van der Waals surface area contributed by atoms with E-state index in [1.165, 1.54) is 17.7 Å². The summed E-state index contributed by atoms with van der Waals surface area (Å²) >= 11 is 0. The highest BCUT2D eigenvalue weighted by Gasteiger charge is 2.41. The number of likely N-dealkylation sites (tertiary alicyclic amines) is 2.